The standard InChI is InChI=1S/C14H16BrF4N3O/c1-9-6-10(15)11(16)7-12(9)20-13(23)22-4-2-21(3-5-22)8-14(17,18)19/h6-7H,2-5,8H2,1H3,(H,20,23). The number of halogens is 5. The van der Waals surface area contributed by atoms with E-state index >= 15 is 0 Å². The molecule has 0 bridgehead atoms. The zero-order valence-electron chi connectivity index (χ0n) is 12.4. The van der Waals surface area contributed by atoms with Gasteiger partial charge < -0.3 is 10.2 Å². The van der Waals surface area contributed by atoms with Gasteiger partial charge in [0, 0.05) is 31.9 Å². The summed E-state index contributed by atoms with van der Waals surface area (Å²) in [5.74, 6) is -0.499. The number of benzene rings is 1. The summed E-state index contributed by atoms with van der Waals surface area (Å²) in [6.45, 7) is 1.45. The van der Waals surface area contributed by atoms with E-state index in [0.717, 1.165) is 0 Å². The first-order valence-electron chi connectivity index (χ1n) is 6.96. The normalized spacial score (nSPS) is 16.5. The SMILES string of the molecule is Cc1cc(Br)c(F)cc1NC(=O)N1CCN(CC(F)(F)F)CC1. The number of urea groups is 1. The molecule has 4 nitrogen and oxygen atoms in total. The molecule has 0 aliphatic carbocycles. The van der Waals surface area contributed by atoms with Crippen LogP contribution in [0.5, 0.6) is 0 Å². The molecule has 0 radical (unpaired) electrons. The monoisotopic (exact) mass is 397 g/mol. The topological polar surface area (TPSA) is 35.6 Å². The molecule has 1 fully saturated rings. The lowest BCUT2D eigenvalue weighted by Crippen LogP contribution is -2.52. The van der Waals surface area contributed by atoms with Crippen LogP contribution in [0.2, 0.25) is 0 Å². The number of rotatable bonds is 2. The Bertz CT molecular complexity index is 586. The maximum atomic E-state index is 13.5. The van der Waals surface area contributed by atoms with E-state index in [2.05, 4.69) is 21.2 Å². The third-order valence-electron chi connectivity index (χ3n) is 3.57. The van der Waals surface area contributed by atoms with E-state index in [1.807, 2.05) is 0 Å². The van der Waals surface area contributed by atoms with Crippen molar-refractivity contribution in [1.29, 1.82) is 0 Å². The van der Waals surface area contributed by atoms with Crippen LogP contribution in [-0.2, 0) is 0 Å². The molecule has 0 spiro atoms. The fourth-order valence-corrected chi connectivity index (χ4v) is 2.80. The minimum Gasteiger partial charge on any atom is -0.322 e. The molecular weight excluding hydrogens is 382 g/mol. The van der Waals surface area contributed by atoms with Crippen LogP contribution in [0.3, 0.4) is 0 Å². The Balaban J connectivity index is 1.92. The summed E-state index contributed by atoms with van der Waals surface area (Å²) in [5.41, 5.74) is 1.02. The lowest BCUT2D eigenvalue weighted by atomic mass is 10.2. The predicted molar refractivity (Wildman–Crippen MR) is 81.9 cm³/mol. The van der Waals surface area contributed by atoms with E-state index in [0.29, 0.717) is 15.7 Å². The molecule has 1 saturated heterocycles. The first-order valence-corrected chi connectivity index (χ1v) is 7.76. The van der Waals surface area contributed by atoms with Crippen molar-refractivity contribution < 1.29 is 22.4 Å². The number of amides is 2. The maximum absolute atomic E-state index is 13.5. The number of aryl methyl sites for hydroxylation is 1. The molecule has 0 unspecified atom stereocenters. The lowest BCUT2D eigenvalue weighted by molar-refractivity contribution is -0.148. The molecule has 1 aromatic rings. The Kier molecular flexibility index (Phi) is 5.51. The van der Waals surface area contributed by atoms with Gasteiger partial charge in [0.05, 0.1) is 11.0 Å². The average molecular weight is 398 g/mol. The number of nitrogens with one attached hydrogen (secondary N) is 1. The summed E-state index contributed by atoms with van der Waals surface area (Å²) in [6, 6.07) is 2.31. The molecule has 2 rings (SSSR count). The van der Waals surface area contributed by atoms with Gasteiger partial charge in [-0.2, -0.15) is 13.2 Å². The van der Waals surface area contributed by atoms with Crippen LogP contribution in [0.25, 0.3) is 0 Å². The molecule has 128 valence electrons. The van der Waals surface area contributed by atoms with Crippen LogP contribution < -0.4 is 5.32 Å². The largest absolute Gasteiger partial charge is 0.401 e. The highest BCUT2D eigenvalue weighted by Crippen LogP contribution is 2.24. The number of carbonyl (C=O) groups is 1. The molecule has 1 aliphatic heterocycles. The van der Waals surface area contributed by atoms with Crippen LogP contribution in [-0.4, -0.2) is 54.7 Å². The van der Waals surface area contributed by atoms with Crippen LogP contribution >= 0.6 is 15.9 Å². The van der Waals surface area contributed by atoms with Gasteiger partial charge in [0.1, 0.15) is 5.82 Å². The van der Waals surface area contributed by atoms with Gasteiger partial charge in [-0.05, 0) is 40.5 Å². The van der Waals surface area contributed by atoms with Crippen molar-refractivity contribution in [3.05, 3.63) is 28.0 Å². The van der Waals surface area contributed by atoms with Gasteiger partial charge in [0.15, 0.2) is 0 Å². The zero-order chi connectivity index (χ0) is 17.2. The van der Waals surface area contributed by atoms with Crippen LogP contribution in [0, 0.1) is 12.7 Å². The molecule has 23 heavy (non-hydrogen) atoms. The average Bonchev–Trinajstić information content (AvgIpc) is 2.43. The summed E-state index contributed by atoms with van der Waals surface area (Å²) in [5, 5.41) is 2.60. The lowest BCUT2D eigenvalue weighted by Gasteiger charge is -2.35. The van der Waals surface area contributed by atoms with Crippen molar-refractivity contribution in [2.75, 3.05) is 38.0 Å². The number of piperazine rings is 1. The molecule has 1 aliphatic rings. The van der Waals surface area contributed by atoms with E-state index in [1.165, 1.54) is 15.9 Å². The van der Waals surface area contributed by atoms with Gasteiger partial charge in [-0.15, -0.1) is 0 Å². The van der Waals surface area contributed by atoms with Gasteiger partial charge in [-0.1, -0.05) is 0 Å². The third kappa shape index (κ3) is 5.07. The van der Waals surface area contributed by atoms with Gasteiger partial charge in [-0.3, -0.25) is 4.90 Å². The number of hydrogen-bond acceptors (Lipinski definition) is 2. The Labute approximate surface area is 139 Å². The number of nitrogens with zero attached hydrogens (tertiary/aromatic N) is 2. The van der Waals surface area contributed by atoms with E-state index in [4.69, 9.17) is 0 Å². The summed E-state index contributed by atoms with van der Waals surface area (Å²) in [6.07, 6.45) is -4.24. The highest BCUT2D eigenvalue weighted by Gasteiger charge is 2.32. The molecule has 1 N–H and O–H groups in total. The van der Waals surface area contributed by atoms with Gasteiger partial charge in [-0.25, -0.2) is 9.18 Å². The highest BCUT2D eigenvalue weighted by atomic mass is 79.9. The van der Waals surface area contributed by atoms with Gasteiger partial charge in [0.2, 0.25) is 0 Å². The minimum absolute atomic E-state index is 0.153. The van der Waals surface area contributed by atoms with E-state index in [1.54, 1.807) is 13.0 Å². The third-order valence-corrected chi connectivity index (χ3v) is 4.18. The zero-order valence-corrected chi connectivity index (χ0v) is 14.0. The summed E-state index contributed by atoms with van der Waals surface area (Å²) < 4.78 is 50.8. The first-order chi connectivity index (χ1) is 10.7. The predicted octanol–water partition coefficient (Wildman–Crippen LogP) is 3.61. The molecule has 9 heteroatoms. The molecule has 0 aromatic heterocycles. The Morgan fingerprint density at radius 2 is 1.87 bits per heavy atom. The van der Waals surface area contributed by atoms with Crippen LogP contribution in [0.4, 0.5) is 28.0 Å². The highest BCUT2D eigenvalue weighted by molar-refractivity contribution is 9.10. The van der Waals surface area contributed by atoms with Gasteiger partial charge >= 0.3 is 12.2 Å². The number of anilines is 1. The molecule has 0 saturated carbocycles. The van der Waals surface area contributed by atoms with Crippen molar-refractivity contribution in [2.45, 2.75) is 13.1 Å². The number of carbonyl (C=O) groups excluding carboxylic acids is 1. The molecule has 0 atom stereocenters. The number of alkyl halides is 3. The van der Waals surface area contributed by atoms with E-state index in [9.17, 15) is 22.4 Å². The van der Waals surface area contributed by atoms with E-state index < -0.39 is 24.6 Å². The second-order valence-corrected chi connectivity index (χ2v) is 6.24. The maximum Gasteiger partial charge on any atom is 0.401 e. The summed E-state index contributed by atoms with van der Waals surface area (Å²) >= 11 is 3.06. The number of hydrogen-bond donors (Lipinski definition) is 1. The van der Waals surface area contributed by atoms with Crippen molar-refractivity contribution in [1.82, 2.24) is 9.80 Å². The summed E-state index contributed by atoms with van der Waals surface area (Å²) in [4.78, 5) is 14.8. The quantitative estimate of drug-likeness (QED) is 0.773. The second-order valence-electron chi connectivity index (χ2n) is 5.39. The van der Waals surface area contributed by atoms with Crippen molar-refractivity contribution in [2.24, 2.45) is 0 Å². The Morgan fingerprint density at radius 3 is 2.43 bits per heavy atom. The Hall–Kier alpha value is -1.35. The van der Waals surface area contributed by atoms with Crippen LogP contribution in [0.1, 0.15) is 5.56 Å². The second kappa shape index (κ2) is 7.04. The van der Waals surface area contributed by atoms with Crippen LogP contribution in [0.15, 0.2) is 16.6 Å². The fraction of sp³-hybridized carbons (Fsp3) is 0.500. The Morgan fingerprint density at radius 1 is 1.26 bits per heavy atom. The first kappa shape index (κ1) is 18.0. The van der Waals surface area contributed by atoms with Crippen molar-refractivity contribution in [3.8, 4) is 0 Å². The molecular formula is C14H16BrF4N3O. The fourth-order valence-electron chi connectivity index (χ4n) is 2.34. The van der Waals surface area contributed by atoms with Crippen molar-refractivity contribution >= 4 is 27.6 Å². The molecule has 1 heterocycles. The molecule has 2 amide bonds. The summed E-state index contributed by atoms with van der Waals surface area (Å²) in [7, 11) is 0. The smallest absolute Gasteiger partial charge is 0.322 e. The van der Waals surface area contributed by atoms with Gasteiger partial charge in [0.25, 0.3) is 0 Å². The van der Waals surface area contributed by atoms with E-state index in [-0.39, 0.29) is 26.2 Å². The minimum atomic E-state index is -4.24. The van der Waals surface area contributed by atoms with Crippen molar-refractivity contribution in [3.63, 3.8) is 0 Å². The molecule has 1 aromatic carbocycles.